The van der Waals surface area contributed by atoms with Gasteiger partial charge in [-0.25, -0.2) is 9.78 Å². The van der Waals surface area contributed by atoms with E-state index in [1.165, 1.54) is 11.7 Å². The number of fused-ring (bicyclic) bond motifs is 1. The molecule has 0 spiro atoms. The molecule has 0 fully saturated rings. The molecule has 3 rings (SSSR count). The van der Waals surface area contributed by atoms with E-state index in [0.717, 1.165) is 5.56 Å². The molecular weight excluding hydrogens is 336 g/mol. The lowest BCUT2D eigenvalue weighted by atomic mass is 10.1. The number of hydrogen-bond donors (Lipinski definition) is 1. The number of methoxy groups -OCH3 is 1. The van der Waals surface area contributed by atoms with Gasteiger partial charge in [0.2, 0.25) is 5.88 Å². The van der Waals surface area contributed by atoms with Crippen LogP contribution in [0.2, 0.25) is 0 Å². The molecule has 2 aromatic heterocycles. The van der Waals surface area contributed by atoms with Crippen LogP contribution in [0.25, 0.3) is 11.0 Å². The molecule has 0 bridgehead atoms. The molecule has 0 aliphatic rings. The SMILES string of the molecule is CCOC(=O)c1c(O)c2nc(OC)ccc2n(Cc2ccccc2)c1=O. The maximum absolute atomic E-state index is 12.9. The number of aromatic hydroxyl groups is 1. The highest BCUT2D eigenvalue weighted by Gasteiger charge is 2.24. The number of esters is 1. The zero-order valence-electron chi connectivity index (χ0n) is 14.4. The van der Waals surface area contributed by atoms with Crippen molar-refractivity contribution >= 4 is 17.0 Å². The number of nitrogens with zero attached hydrogens (tertiary/aromatic N) is 2. The summed E-state index contributed by atoms with van der Waals surface area (Å²) >= 11 is 0. The van der Waals surface area contributed by atoms with Gasteiger partial charge >= 0.3 is 5.97 Å². The standard InChI is InChI=1S/C19H18N2O5/c1-3-26-19(24)15-17(22)16-13(9-10-14(20-16)25-2)21(18(15)23)11-12-7-5-4-6-8-12/h4-10,22H,3,11H2,1-2H3. The summed E-state index contributed by atoms with van der Waals surface area (Å²) in [5.41, 5.74) is 0.292. The van der Waals surface area contributed by atoms with Gasteiger partial charge in [-0.05, 0) is 18.6 Å². The van der Waals surface area contributed by atoms with E-state index in [2.05, 4.69) is 4.98 Å². The third-order valence-electron chi connectivity index (χ3n) is 3.93. The van der Waals surface area contributed by atoms with Gasteiger partial charge in [0.1, 0.15) is 5.52 Å². The van der Waals surface area contributed by atoms with Gasteiger partial charge in [-0.15, -0.1) is 0 Å². The fourth-order valence-electron chi connectivity index (χ4n) is 2.71. The van der Waals surface area contributed by atoms with Gasteiger partial charge < -0.3 is 19.1 Å². The second kappa shape index (κ2) is 7.26. The second-order valence-electron chi connectivity index (χ2n) is 5.54. The zero-order chi connectivity index (χ0) is 18.7. The Kier molecular flexibility index (Phi) is 4.88. The minimum Gasteiger partial charge on any atom is -0.505 e. The Morgan fingerprint density at radius 1 is 1.19 bits per heavy atom. The van der Waals surface area contributed by atoms with E-state index in [4.69, 9.17) is 9.47 Å². The molecule has 0 atom stereocenters. The summed E-state index contributed by atoms with van der Waals surface area (Å²) < 4.78 is 11.4. The summed E-state index contributed by atoms with van der Waals surface area (Å²) in [6, 6.07) is 12.5. The highest BCUT2D eigenvalue weighted by Crippen LogP contribution is 2.27. The molecule has 0 unspecified atom stereocenters. The predicted octanol–water partition coefficient (Wildman–Crippen LogP) is 2.34. The van der Waals surface area contributed by atoms with Crippen LogP contribution in [-0.2, 0) is 11.3 Å². The molecule has 7 nitrogen and oxygen atoms in total. The molecule has 0 aliphatic heterocycles. The van der Waals surface area contributed by atoms with Crippen LogP contribution in [0.1, 0.15) is 22.8 Å². The molecule has 0 amide bonds. The maximum atomic E-state index is 12.9. The van der Waals surface area contributed by atoms with Crippen molar-refractivity contribution in [1.29, 1.82) is 0 Å². The Hall–Kier alpha value is -3.35. The number of rotatable bonds is 5. The number of pyridine rings is 2. The van der Waals surface area contributed by atoms with Crippen molar-refractivity contribution in [3.8, 4) is 11.6 Å². The monoisotopic (exact) mass is 354 g/mol. The fraction of sp³-hybridized carbons (Fsp3) is 0.211. The topological polar surface area (TPSA) is 90.7 Å². The minimum absolute atomic E-state index is 0.0833. The highest BCUT2D eigenvalue weighted by molar-refractivity contribution is 5.98. The number of aromatic nitrogens is 2. The van der Waals surface area contributed by atoms with E-state index in [0.29, 0.717) is 5.52 Å². The third kappa shape index (κ3) is 3.11. The molecule has 7 heteroatoms. The Bertz CT molecular complexity index is 1010. The largest absolute Gasteiger partial charge is 0.505 e. The first kappa shape index (κ1) is 17.5. The lowest BCUT2D eigenvalue weighted by molar-refractivity contribution is 0.0520. The molecule has 0 radical (unpaired) electrons. The number of ether oxygens (including phenoxy) is 2. The average molecular weight is 354 g/mol. The number of carbonyl (C=O) groups excluding carboxylic acids is 1. The predicted molar refractivity (Wildman–Crippen MR) is 95.7 cm³/mol. The van der Waals surface area contributed by atoms with Crippen molar-refractivity contribution in [3.63, 3.8) is 0 Å². The van der Waals surface area contributed by atoms with Crippen LogP contribution < -0.4 is 10.3 Å². The van der Waals surface area contributed by atoms with E-state index in [1.807, 2.05) is 30.3 Å². The summed E-state index contributed by atoms with van der Waals surface area (Å²) in [4.78, 5) is 29.4. The van der Waals surface area contributed by atoms with Crippen molar-refractivity contribution in [2.24, 2.45) is 0 Å². The van der Waals surface area contributed by atoms with E-state index in [9.17, 15) is 14.7 Å². The van der Waals surface area contributed by atoms with E-state index in [1.54, 1.807) is 19.1 Å². The summed E-state index contributed by atoms with van der Waals surface area (Å²) in [5, 5.41) is 10.5. The number of carbonyl (C=O) groups is 1. The molecule has 1 aromatic carbocycles. The van der Waals surface area contributed by atoms with Crippen LogP contribution in [0.3, 0.4) is 0 Å². The molecule has 0 saturated heterocycles. The first-order valence-corrected chi connectivity index (χ1v) is 8.08. The van der Waals surface area contributed by atoms with Gasteiger partial charge in [0.15, 0.2) is 11.3 Å². The molecule has 3 aromatic rings. The lowest BCUT2D eigenvalue weighted by Crippen LogP contribution is -2.28. The minimum atomic E-state index is -0.886. The molecular formula is C19H18N2O5. The number of hydrogen-bond acceptors (Lipinski definition) is 6. The Labute approximate surface area is 149 Å². The van der Waals surface area contributed by atoms with Gasteiger partial charge in [0.05, 0.1) is 25.8 Å². The Morgan fingerprint density at radius 2 is 1.92 bits per heavy atom. The second-order valence-corrected chi connectivity index (χ2v) is 5.54. The van der Waals surface area contributed by atoms with E-state index in [-0.39, 0.29) is 24.5 Å². The van der Waals surface area contributed by atoms with Crippen molar-refractivity contribution in [2.45, 2.75) is 13.5 Å². The molecule has 0 saturated carbocycles. The van der Waals surface area contributed by atoms with Crippen LogP contribution in [0, 0.1) is 0 Å². The molecule has 26 heavy (non-hydrogen) atoms. The molecule has 2 heterocycles. The summed E-state index contributed by atoms with van der Waals surface area (Å²) in [6.07, 6.45) is 0. The van der Waals surface area contributed by atoms with Gasteiger partial charge in [0.25, 0.3) is 5.56 Å². The van der Waals surface area contributed by atoms with Gasteiger partial charge in [-0.2, -0.15) is 0 Å². The van der Waals surface area contributed by atoms with E-state index < -0.39 is 22.8 Å². The number of benzene rings is 1. The van der Waals surface area contributed by atoms with Crippen LogP contribution >= 0.6 is 0 Å². The van der Waals surface area contributed by atoms with Crippen LogP contribution in [0.4, 0.5) is 0 Å². The fourth-order valence-corrected chi connectivity index (χ4v) is 2.71. The van der Waals surface area contributed by atoms with Crippen LogP contribution in [0.15, 0.2) is 47.3 Å². The summed E-state index contributed by atoms with van der Waals surface area (Å²) in [7, 11) is 1.44. The Balaban J connectivity index is 2.30. The maximum Gasteiger partial charge on any atom is 0.347 e. The molecule has 134 valence electrons. The quantitative estimate of drug-likeness (QED) is 0.707. The highest BCUT2D eigenvalue weighted by atomic mass is 16.5. The lowest BCUT2D eigenvalue weighted by Gasteiger charge is -2.14. The zero-order valence-corrected chi connectivity index (χ0v) is 14.4. The summed E-state index contributed by atoms with van der Waals surface area (Å²) in [6.45, 7) is 1.93. The van der Waals surface area contributed by atoms with Gasteiger partial charge in [-0.1, -0.05) is 30.3 Å². The van der Waals surface area contributed by atoms with Gasteiger partial charge in [0, 0.05) is 6.07 Å². The van der Waals surface area contributed by atoms with Crippen molar-refractivity contribution in [1.82, 2.24) is 9.55 Å². The van der Waals surface area contributed by atoms with Gasteiger partial charge in [-0.3, -0.25) is 4.79 Å². The van der Waals surface area contributed by atoms with Crippen molar-refractivity contribution in [3.05, 3.63) is 63.9 Å². The first-order chi connectivity index (χ1) is 12.6. The van der Waals surface area contributed by atoms with Crippen LogP contribution in [-0.4, -0.2) is 34.3 Å². The average Bonchev–Trinajstić information content (AvgIpc) is 2.66. The normalized spacial score (nSPS) is 10.7. The summed E-state index contributed by atoms with van der Waals surface area (Å²) in [5.74, 6) is -1.14. The van der Waals surface area contributed by atoms with Crippen molar-refractivity contribution in [2.75, 3.05) is 13.7 Å². The third-order valence-corrected chi connectivity index (χ3v) is 3.93. The van der Waals surface area contributed by atoms with E-state index >= 15 is 0 Å². The van der Waals surface area contributed by atoms with Crippen LogP contribution in [0.5, 0.6) is 11.6 Å². The smallest absolute Gasteiger partial charge is 0.347 e. The Morgan fingerprint density at radius 3 is 2.58 bits per heavy atom. The van der Waals surface area contributed by atoms with Crippen molar-refractivity contribution < 1.29 is 19.4 Å². The molecule has 0 aliphatic carbocycles. The first-order valence-electron chi connectivity index (χ1n) is 8.08. The molecule has 1 N–H and O–H groups in total.